The van der Waals surface area contributed by atoms with Crippen molar-refractivity contribution in [3.8, 4) is 0 Å². The maximum Gasteiger partial charge on any atom is 0.275 e. The Morgan fingerprint density at radius 2 is 2.21 bits per heavy atom. The summed E-state index contributed by atoms with van der Waals surface area (Å²) in [6.07, 6.45) is 5.86. The van der Waals surface area contributed by atoms with Crippen LogP contribution in [0.4, 0.5) is 11.5 Å². The van der Waals surface area contributed by atoms with Gasteiger partial charge in [0, 0.05) is 17.9 Å². The average Bonchev–Trinajstić information content (AvgIpc) is 2.89. The van der Waals surface area contributed by atoms with E-state index in [0.29, 0.717) is 11.1 Å². The van der Waals surface area contributed by atoms with Gasteiger partial charge in [0.2, 0.25) is 0 Å². The molecule has 0 aliphatic heterocycles. The second kappa shape index (κ2) is 6.75. The summed E-state index contributed by atoms with van der Waals surface area (Å²) in [5.41, 5.74) is 0.120. The van der Waals surface area contributed by atoms with Gasteiger partial charge in [-0.1, -0.05) is 19.8 Å². The van der Waals surface area contributed by atoms with E-state index in [1.165, 1.54) is 31.7 Å². The van der Waals surface area contributed by atoms with E-state index >= 15 is 0 Å². The highest BCUT2D eigenvalue weighted by atomic mass is 32.2. The van der Waals surface area contributed by atoms with Crippen LogP contribution in [0.25, 0.3) is 0 Å². The highest BCUT2D eigenvalue weighted by Gasteiger charge is 2.19. The minimum absolute atomic E-state index is 0.120. The molecule has 1 aromatic rings. The van der Waals surface area contributed by atoms with E-state index in [1.807, 2.05) is 0 Å². The van der Waals surface area contributed by atoms with Crippen molar-refractivity contribution in [1.29, 1.82) is 0 Å². The molecule has 0 atom stereocenters. The van der Waals surface area contributed by atoms with Crippen LogP contribution in [0, 0.1) is 10.1 Å². The zero-order valence-corrected chi connectivity index (χ0v) is 11.9. The molecule has 1 aliphatic rings. The summed E-state index contributed by atoms with van der Waals surface area (Å²) in [6, 6.07) is 3.09. The van der Waals surface area contributed by atoms with Gasteiger partial charge in [0.15, 0.2) is 0 Å². The van der Waals surface area contributed by atoms with Crippen LogP contribution < -0.4 is 5.32 Å². The standard InChI is InChI=1S/C13H19N3O2S/c1-2-7-14-12-8-10(16(17)18)9-13(15-12)19-11-5-3-4-6-11/h8-9,11H,2-7H2,1H3,(H,14,15). The molecule has 19 heavy (non-hydrogen) atoms. The lowest BCUT2D eigenvalue weighted by atomic mass is 10.4. The first-order chi connectivity index (χ1) is 9.19. The first-order valence-electron chi connectivity index (χ1n) is 6.76. The SMILES string of the molecule is CCCNc1cc([N+](=O)[O-])cc(SC2CCCC2)n1. The fraction of sp³-hybridized carbons (Fsp3) is 0.615. The van der Waals surface area contributed by atoms with Crippen molar-refractivity contribution < 1.29 is 4.92 Å². The third kappa shape index (κ3) is 4.09. The minimum Gasteiger partial charge on any atom is -0.370 e. The Balaban J connectivity index is 2.15. The highest BCUT2D eigenvalue weighted by Crippen LogP contribution is 2.35. The Labute approximate surface area is 117 Å². The topological polar surface area (TPSA) is 68.1 Å². The summed E-state index contributed by atoms with van der Waals surface area (Å²) in [6.45, 7) is 2.83. The van der Waals surface area contributed by atoms with Gasteiger partial charge >= 0.3 is 0 Å². The Morgan fingerprint density at radius 3 is 2.84 bits per heavy atom. The Morgan fingerprint density at radius 1 is 1.47 bits per heavy atom. The Bertz CT molecular complexity index is 448. The fourth-order valence-electron chi connectivity index (χ4n) is 2.18. The molecule has 5 nitrogen and oxygen atoms in total. The number of anilines is 1. The molecule has 0 amide bonds. The van der Waals surface area contributed by atoms with Crippen LogP contribution >= 0.6 is 11.8 Å². The molecular weight excluding hydrogens is 262 g/mol. The molecule has 0 aromatic carbocycles. The molecule has 2 rings (SSSR count). The first kappa shape index (κ1) is 14.1. The van der Waals surface area contributed by atoms with Gasteiger partial charge in [-0.3, -0.25) is 10.1 Å². The summed E-state index contributed by atoms with van der Waals surface area (Å²) < 4.78 is 0. The van der Waals surface area contributed by atoms with Crippen molar-refractivity contribution >= 4 is 23.3 Å². The summed E-state index contributed by atoms with van der Waals surface area (Å²) in [5, 5.41) is 15.4. The van der Waals surface area contributed by atoms with Crippen LogP contribution in [0.1, 0.15) is 39.0 Å². The van der Waals surface area contributed by atoms with Crippen LogP contribution in [0.2, 0.25) is 0 Å². The summed E-state index contributed by atoms with van der Waals surface area (Å²) in [4.78, 5) is 15.1. The number of nitro groups is 1. The van der Waals surface area contributed by atoms with Gasteiger partial charge in [-0.25, -0.2) is 4.98 Å². The first-order valence-corrected chi connectivity index (χ1v) is 7.64. The van der Waals surface area contributed by atoms with Gasteiger partial charge in [-0.15, -0.1) is 11.8 Å². The summed E-state index contributed by atoms with van der Waals surface area (Å²) in [5.74, 6) is 0.608. The molecule has 1 N–H and O–H groups in total. The third-order valence-electron chi connectivity index (χ3n) is 3.14. The number of hydrogen-bond acceptors (Lipinski definition) is 5. The van der Waals surface area contributed by atoms with Gasteiger partial charge in [0.05, 0.1) is 11.0 Å². The van der Waals surface area contributed by atoms with E-state index in [4.69, 9.17) is 0 Å². The second-order valence-electron chi connectivity index (χ2n) is 4.76. The number of nitrogens with one attached hydrogen (secondary N) is 1. The van der Waals surface area contributed by atoms with Crippen LogP contribution in [0.3, 0.4) is 0 Å². The molecule has 1 fully saturated rings. The van der Waals surface area contributed by atoms with Gasteiger partial charge in [0.25, 0.3) is 5.69 Å². The van der Waals surface area contributed by atoms with Crippen molar-refractivity contribution in [2.75, 3.05) is 11.9 Å². The van der Waals surface area contributed by atoms with E-state index in [0.717, 1.165) is 18.0 Å². The molecule has 0 unspecified atom stereocenters. The minimum atomic E-state index is -0.350. The van der Waals surface area contributed by atoms with Crippen LogP contribution in [0.15, 0.2) is 17.2 Å². The average molecular weight is 281 g/mol. The van der Waals surface area contributed by atoms with Crippen LogP contribution in [-0.2, 0) is 0 Å². The van der Waals surface area contributed by atoms with Crippen LogP contribution in [0.5, 0.6) is 0 Å². The molecule has 0 spiro atoms. The van der Waals surface area contributed by atoms with E-state index in [-0.39, 0.29) is 10.6 Å². The molecular formula is C13H19N3O2S. The Kier molecular flexibility index (Phi) is 5.01. The molecule has 0 saturated heterocycles. The lowest BCUT2D eigenvalue weighted by Crippen LogP contribution is -2.04. The maximum atomic E-state index is 11.0. The molecule has 1 heterocycles. The van der Waals surface area contributed by atoms with Crippen LogP contribution in [-0.4, -0.2) is 21.7 Å². The predicted octanol–water partition coefficient (Wildman–Crippen LogP) is 3.85. The van der Waals surface area contributed by atoms with E-state index < -0.39 is 0 Å². The number of nitrogens with zero attached hydrogens (tertiary/aromatic N) is 2. The molecule has 6 heteroatoms. The van der Waals surface area contributed by atoms with E-state index in [2.05, 4.69) is 17.2 Å². The molecule has 0 bridgehead atoms. The lowest BCUT2D eigenvalue weighted by molar-refractivity contribution is -0.385. The number of pyridine rings is 1. The molecule has 1 saturated carbocycles. The van der Waals surface area contributed by atoms with Crippen molar-refractivity contribution in [2.24, 2.45) is 0 Å². The fourth-order valence-corrected chi connectivity index (χ4v) is 3.43. The number of rotatable bonds is 6. The van der Waals surface area contributed by atoms with Crippen molar-refractivity contribution in [3.63, 3.8) is 0 Å². The second-order valence-corrected chi connectivity index (χ2v) is 6.08. The van der Waals surface area contributed by atoms with Gasteiger partial charge in [0.1, 0.15) is 10.8 Å². The number of aromatic nitrogens is 1. The highest BCUT2D eigenvalue weighted by molar-refractivity contribution is 7.99. The third-order valence-corrected chi connectivity index (χ3v) is 4.40. The quantitative estimate of drug-likeness (QED) is 0.633. The largest absolute Gasteiger partial charge is 0.370 e. The molecule has 1 aromatic heterocycles. The van der Waals surface area contributed by atoms with Gasteiger partial charge < -0.3 is 5.32 Å². The van der Waals surface area contributed by atoms with Crippen molar-refractivity contribution in [1.82, 2.24) is 4.98 Å². The Hall–Kier alpha value is -1.30. The molecule has 1 aliphatic carbocycles. The zero-order chi connectivity index (χ0) is 13.7. The smallest absolute Gasteiger partial charge is 0.275 e. The number of hydrogen-bond donors (Lipinski definition) is 1. The monoisotopic (exact) mass is 281 g/mol. The maximum absolute atomic E-state index is 11.0. The van der Waals surface area contributed by atoms with E-state index in [1.54, 1.807) is 17.8 Å². The van der Waals surface area contributed by atoms with Gasteiger partial charge in [-0.2, -0.15) is 0 Å². The molecule has 104 valence electrons. The van der Waals surface area contributed by atoms with Crippen molar-refractivity contribution in [3.05, 3.63) is 22.2 Å². The molecule has 0 radical (unpaired) electrons. The van der Waals surface area contributed by atoms with E-state index in [9.17, 15) is 10.1 Å². The summed E-state index contributed by atoms with van der Waals surface area (Å²) >= 11 is 1.67. The number of thioether (sulfide) groups is 1. The normalized spacial score (nSPS) is 15.6. The zero-order valence-electron chi connectivity index (χ0n) is 11.1. The predicted molar refractivity (Wildman–Crippen MR) is 77.8 cm³/mol. The summed E-state index contributed by atoms with van der Waals surface area (Å²) in [7, 11) is 0. The van der Waals surface area contributed by atoms with Crippen molar-refractivity contribution in [2.45, 2.75) is 49.3 Å². The lowest BCUT2D eigenvalue weighted by Gasteiger charge is -2.10. The van der Waals surface area contributed by atoms with Gasteiger partial charge in [-0.05, 0) is 19.3 Å².